The third kappa shape index (κ3) is 4.39. The number of aliphatic hydroxyl groups excluding tert-OH is 2. The average Bonchev–Trinajstić information content (AvgIpc) is 1.87. The molecule has 0 unspecified atom stereocenters. The SMILES string of the molecule is CC[C@H](N)C[C@@H](O)CO. The van der Waals surface area contributed by atoms with Crippen LogP contribution in [-0.2, 0) is 0 Å². The van der Waals surface area contributed by atoms with E-state index >= 15 is 0 Å². The molecule has 0 aliphatic rings. The highest BCUT2D eigenvalue weighted by molar-refractivity contribution is 4.63. The Balaban J connectivity index is 3.22. The second-order valence-corrected chi connectivity index (χ2v) is 2.24. The van der Waals surface area contributed by atoms with Gasteiger partial charge in [-0.1, -0.05) is 6.92 Å². The molecule has 0 bridgehead atoms. The number of nitrogens with two attached hydrogens (primary N) is 1. The summed E-state index contributed by atoms with van der Waals surface area (Å²) in [6.07, 6.45) is 0.698. The van der Waals surface area contributed by atoms with Crippen molar-refractivity contribution in [1.82, 2.24) is 0 Å². The van der Waals surface area contributed by atoms with Crippen LogP contribution in [0.3, 0.4) is 0 Å². The Labute approximate surface area is 55.5 Å². The van der Waals surface area contributed by atoms with Gasteiger partial charge in [-0.3, -0.25) is 0 Å². The van der Waals surface area contributed by atoms with Crippen molar-refractivity contribution in [2.24, 2.45) is 5.73 Å². The van der Waals surface area contributed by atoms with Gasteiger partial charge in [-0.2, -0.15) is 0 Å². The second-order valence-electron chi connectivity index (χ2n) is 2.24. The molecule has 0 saturated carbocycles. The minimum atomic E-state index is -0.639. The number of rotatable bonds is 4. The third-order valence-electron chi connectivity index (χ3n) is 1.31. The first-order valence-electron chi connectivity index (χ1n) is 3.25. The van der Waals surface area contributed by atoms with Gasteiger partial charge < -0.3 is 15.9 Å². The summed E-state index contributed by atoms with van der Waals surface area (Å²) in [5, 5.41) is 17.2. The summed E-state index contributed by atoms with van der Waals surface area (Å²) in [4.78, 5) is 0. The highest BCUT2D eigenvalue weighted by Gasteiger charge is 2.06. The van der Waals surface area contributed by atoms with Crippen LogP contribution in [0.2, 0.25) is 0 Å². The maximum absolute atomic E-state index is 8.83. The molecule has 0 aliphatic carbocycles. The smallest absolute Gasteiger partial charge is 0.0785 e. The summed E-state index contributed by atoms with van der Waals surface area (Å²) < 4.78 is 0. The molecule has 4 N–H and O–H groups in total. The van der Waals surface area contributed by atoms with E-state index in [9.17, 15) is 0 Å². The van der Waals surface area contributed by atoms with E-state index in [0.717, 1.165) is 6.42 Å². The summed E-state index contributed by atoms with van der Waals surface area (Å²) in [6.45, 7) is 1.77. The molecule has 0 aromatic carbocycles. The van der Waals surface area contributed by atoms with Crippen molar-refractivity contribution in [2.75, 3.05) is 6.61 Å². The standard InChI is InChI=1S/C6H15NO2/c1-2-5(7)3-6(9)4-8/h5-6,8-9H,2-4,7H2,1H3/t5-,6+/m0/s1. The molecular formula is C6H15NO2. The van der Waals surface area contributed by atoms with Crippen LogP contribution >= 0.6 is 0 Å². The molecule has 0 fully saturated rings. The molecule has 2 atom stereocenters. The lowest BCUT2D eigenvalue weighted by Crippen LogP contribution is -2.27. The molecule has 0 aromatic rings. The Bertz CT molecular complexity index is 60.1. The minimum Gasteiger partial charge on any atom is -0.394 e. The zero-order chi connectivity index (χ0) is 7.28. The molecule has 56 valence electrons. The van der Waals surface area contributed by atoms with Crippen LogP contribution in [0.4, 0.5) is 0 Å². The van der Waals surface area contributed by atoms with E-state index in [0.29, 0.717) is 6.42 Å². The molecule has 0 aliphatic heterocycles. The van der Waals surface area contributed by atoms with Crippen LogP contribution in [0.25, 0.3) is 0 Å². The van der Waals surface area contributed by atoms with E-state index in [4.69, 9.17) is 15.9 Å². The van der Waals surface area contributed by atoms with E-state index in [1.54, 1.807) is 0 Å². The lowest BCUT2D eigenvalue weighted by atomic mass is 10.1. The molecule has 0 heterocycles. The van der Waals surface area contributed by atoms with E-state index in [-0.39, 0.29) is 12.6 Å². The van der Waals surface area contributed by atoms with E-state index in [2.05, 4.69) is 0 Å². The first kappa shape index (κ1) is 8.88. The molecule has 0 amide bonds. The van der Waals surface area contributed by atoms with Gasteiger partial charge in [0.2, 0.25) is 0 Å². The topological polar surface area (TPSA) is 66.5 Å². The van der Waals surface area contributed by atoms with Crippen LogP contribution in [0.5, 0.6) is 0 Å². The fraction of sp³-hybridized carbons (Fsp3) is 1.00. The lowest BCUT2D eigenvalue weighted by molar-refractivity contribution is 0.0823. The zero-order valence-electron chi connectivity index (χ0n) is 5.75. The zero-order valence-corrected chi connectivity index (χ0v) is 5.75. The van der Waals surface area contributed by atoms with Gasteiger partial charge in [0.25, 0.3) is 0 Å². The van der Waals surface area contributed by atoms with Gasteiger partial charge in [-0.25, -0.2) is 0 Å². The molecule has 0 rings (SSSR count). The largest absolute Gasteiger partial charge is 0.394 e. The van der Waals surface area contributed by atoms with Crippen molar-refractivity contribution >= 4 is 0 Å². The fourth-order valence-electron chi connectivity index (χ4n) is 0.591. The summed E-state index contributed by atoms with van der Waals surface area (Å²) in [7, 11) is 0. The van der Waals surface area contributed by atoms with Crippen molar-refractivity contribution in [2.45, 2.75) is 31.9 Å². The Kier molecular flexibility index (Phi) is 4.67. The first-order valence-corrected chi connectivity index (χ1v) is 3.25. The maximum Gasteiger partial charge on any atom is 0.0785 e. The maximum atomic E-state index is 8.83. The average molecular weight is 133 g/mol. The molecule has 3 heteroatoms. The van der Waals surface area contributed by atoms with Gasteiger partial charge >= 0.3 is 0 Å². The van der Waals surface area contributed by atoms with Gasteiger partial charge in [-0.05, 0) is 12.8 Å². The summed E-state index contributed by atoms with van der Waals surface area (Å²) in [5.74, 6) is 0. The predicted molar refractivity (Wildman–Crippen MR) is 36.0 cm³/mol. The Morgan fingerprint density at radius 3 is 2.44 bits per heavy atom. The Morgan fingerprint density at radius 1 is 1.56 bits per heavy atom. The molecule has 0 radical (unpaired) electrons. The van der Waals surface area contributed by atoms with Crippen LogP contribution in [0.15, 0.2) is 0 Å². The number of hydrogen-bond donors (Lipinski definition) is 3. The molecule has 9 heavy (non-hydrogen) atoms. The summed E-state index contributed by atoms with van der Waals surface area (Å²) in [5.41, 5.74) is 5.48. The minimum absolute atomic E-state index is 0.0205. The van der Waals surface area contributed by atoms with Gasteiger partial charge in [0.05, 0.1) is 12.7 Å². The fourth-order valence-corrected chi connectivity index (χ4v) is 0.591. The van der Waals surface area contributed by atoms with Crippen molar-refractivity contribution in [3.8, 4) is 0 Å². The quantitative estimate of drug-likeness (QED) is 0.483. The molecule has 0 aromatic heterocycles. The van der Waals surface area contributed by atoms with Gasteiger partial charge in [0.15, 0.2) is 0 Å². The molecular weight excluding hydrogens is 118 g/mol. The van der Waals surface area contributed by atoms with Gasteiger partial charge in [0, 0.05) is 6.04 Å². The van der Waals surface area contributed by atoms with Crippen LogP contribution in [0, 0.1) is 0 Å². The normalized spacial score (nSPS) is 17.3. The second kappa shape index (κ2) is 4.73. The number of aliphatic hydroxyl groups is 2. The number of hydrogen-bond acceptors (Lipinski definition) is 3. The highest BCUT2D eigenvalue weighted by atomic mass is 16.3. The van der Waals surface area contributed by atoms with Crippen LogP contribution in [-0.4, -0.2) is 29.0 Å². The predicted octanol–water partition coefficient (Wildman–Crippen LogP) is -0.533. The van der Waals surface area contributed by atoms with Crippen molar-refractivity contribution < 1.29 is 10.2 Å². The van der Waals surface area contributed by atoms with Gasteiger partial charge in [0.1, 0.15) is 0 Å². The van der Waals surface area contributed by atoms with E-state index in [1.807, 2.05) is 6.92 Å². The first-order chi connectivity index (χ1) is 4.20. The van der Waals surface area contributed by atoms with Gasteiger partial charge in [-0.15, -0.1) is 0 Å². The Hall–Kier alpha value is -0.120. The summed E-state index contributed by atoms with van der Waals surface area (Å²) in [6, 6.07) is 0.0205. The van der Waals surface area contributed by atoms with E-state index in [1.165, 1.54) is 0 Å². The van der Waals surface area contributed by atoms with Crippen molar-refractivity contribution in [3.05, 3.63) is 0 Å². The molecule has 0 spiro atoms. The van der Waals surface area contributed by atoms with Crippen molar-refractivity contribution in [3.63, 3.8) is 0 Å². The van der Waals surface area contributed by atoms with Crippen LogP contribution in [0.1, 0.15) is 19.8 Å². The Morgan fingerprint density at radius 2 is 2.11 bits per heavy atom. The lowest BCUT2D eigenvalue weighted by Gasteiger charge is -2.11. The molecule has 3 nitrogen and oxygen atoms in total. The van der Waals surface area contributed by atoms with Crippen LogP contribution < -0.4 is 5.73 Å². The monoisotopic (exact) mass is 133 g/mol. The highest BCUT2D eigenvalue weighted by Crippen LogP contribution is 1.97. The van der Waals surface area contributed by atoms with E-state index < -0.39 is 6.10 Å². The van der Waals surface area contributed by atoms with Crippen molar-refractivity contribution in [1.29, 1.82) is 0 Å². The molecule has 0 saturated heterocycles. The summed E-state index contributed by atoms with van der Waals surface area (Å²) >= 11 is 0. The third-order valence-corrected chi connectivity index (χ3v) is 1.31.